The number of morpholine rings is 1. The number of hydrogen-bond acceptors (Lipinski definition) is 9. The number of alkyl halides is 3. The molecule has 4 fully saturated rings. The molecule has 1 spiro atoms. The Morgan fingerprint density at radius 1 is 1.15 bits per heavy atom. The van der Waals surface area contributed by atoms with E-state index >= 15 is 0 Å². The monoisotopic (exact) mass is 544 g/mol. The third-order valence-corrected chi connectivity index (χ3v) is 9.06. The standard InChI is InChI=1S/C26H31F3N8O2/c1-30-21-20-22(34-19(33-21)13-35-8-4-5-18(35)26(27,28)29)37(23(38)25(20)6-2-3-7-25)16-10-31-24(32-11-16)36-12-17-9-15(36)14-39-17/h10-11,15,17-18H,2-9,12-14H2,1H3,(H,30,33,34)/t15?,17?,18-/m1/s1. The molecule has 7 rings (SSSR count). The third kappa shape index (κ3) is 3.87. The Labute approximate surface area is 224 Å². The number of fused-ring (bicyclic) bond motifs is 4. The summed E-state index contributed by atoms with van der Waals surface area (Å²) >= 11 is 0. The molecule has 4 aliphatic heterocycles. The number of amides is 1. The summed E-state index contributed by atoms with van der Waals surface area (Å²) in [5.41, 5.74) is 0.455. The van der Waals surface area contributed by atoms with Crippen LogP contribution in [-0.2, 0) is 21.5 Å². The smallest absolute Gasteiger partial charge is 0.374 e. The molecule has 3 atom stereocenters. The summed E-state index contributed by atoms with van der Waals surface area (Å²) in [5, 5.41) is 3.12. The van der Waals surface area contributed by atoms with E-state index in [1.165, 1.54) is 4.90 Å². The van der Waals surface area contributed by atoms with Crippen molar-refractivity contribution in [3.63, 3.8) is 0 Å². The first-order valence-corrected chi connectivity index (χ1v) is 13.7. The van der Waals surface area contributed by atoms with E-state index in [0.717, 1.165) is 31.4 Å². The van der Waals surface area contributed by atoms with Crippen molar-refractivity contribution in [2.24, 2.45) is 0 Å². The summed E-state index contributed by atoms with van der Waals surface area (Å²) in [4.78, 5) is 37.8. The summed E-state index contributed by atoms with van der Waals surface area (Å²) in [6.45, 7) is 1.69. The minimum Gasteiger partial charge on any atom is -0.374 e. The number of carbonyl (C=O) groups is 1. The van der Waals surface area contributed by atoms with Gasteiger partial charge >= 0.3 is 6.18 Å². The summed E-state index contributed by atoms with van der Waals surface area (Å²) in [6, 6.07) is -1.25. The van der Waals surface area contributed by atoms with Crippen LogP contribution in [0.25, 0.3) is 0 Å². The Kier molecular flexibility index (Phi) is 5.74. The van der Waals surface area contributed by atoms with Crippen LogP contribution in [0.3, 0.4) is 0 Å². The van der Waals surface area contributed by atoms with Crippen LogP contribution in [0, 0.1) is 0 Å². The topological polar surface area (TPSA) is 99.6 Å². The number of hydrogen-bond donors (Lipinski definition) is 1. The van der Waals surface area contributed by atoms with Gasteiger partial charge in [-0.2, -0.15) is 13.2 Å². The Balaban J connectivity index is 1.26. The highest BCUT2D eigenvalue weighted by Crippen LogP contribution is 2.55. The molecule has 13 heteroatoms. The summed E-state index contributed by atoms with van der Waals surface area (Å²) in [6.07, 6.45) is 3.83. The number of nitrogens with zero attached hydrogens (tertiary/aromatic N) is 7. The van der Waals surface area contributed by atoms with Crippen molar-refractivity contribution in [2.75, 3.05) is 41.9 Å². The van der Waals surface area contributed by atoms with Gasteiger partial charge in [0.15, 0.2) is 0 Å². The lowest BCUT2D eigenvalue weighted by Crippen LogP contribution is -2.41. The molecule has 2 bridgehead atoms. The maximum absolute atomic E-state index is 14.1. The summed E-state index contributed by atoms with van der Waals surface area (Å²) in [7, 11) is 1.72. The fourth-order valence-electron chi connectivity index (χ4n) is 7.24. The van der Waals surface area contributed by atoms with Crippen molar-refractivity contribution < 1.29 is 22.7 Å². The number of likely N-dealkylation sites (tertiary alicyclic amines) is 1. The van der Waals surface area contributed by atoms with E-state index < -0.39 is 17.6 Å². The third-order valence-electron chi connectivity index (χ3n) is 9.06. The fraction of sp³-hybridized carbons (Fsp3) is 0.654. The zero-order valence-electron chi connectivity index (χ0n) is 21.7. The molecule has 6 heterocycles. The van der Waals surface area contributed by atoms with Gasteiger partial charge < -0.3 is 15.0 Å². The molecule has 1 amide bonds. The predicted octanol–water partition coefficient (Wildman–Crippen LogP) is 3.30. The molecule has 3 saturated heterocycles. The summed E-state index contributed by atoms with van der Waals surface area (Å²) < 4.78 is 46.6. The quantitative estimate of drug-likeness (QED) is 0.608. The van der Waals surface area contributed by atoms with Crippen LogP contribution in [0.1, 0.15) is 56.3 Å². The minimum atomic E-state index is -4.31. The molecule has 5 aliphatic rings. The Morgan fingerprint density at radius 2 is 1.92 bits per heavy atom. The van der Waals surface area contributed by atoms with Crippen molar-refractivity contribution in [1.29, 1.82) is 0 Å². The lowest BCUT2D eigenvalue weighted by molar-refractivity contribution is -0.177. The lowest BCUT2D eigenvalue weighted by atomic mass is 9.80. The number of carbonyl (C=O) groups excluding carboxylic acids is 1. The van der Waals surface area contributed by atoms with Crippen molar-refractivity contribution in [2.45, 2.75) is 81.3 Å². The molecule has 1 N–H and O–H groups in total. The maximum Gasteiger partial charge on any atom is 0.404 e. The Morgan fingerprint density at radius 3 is 2.56 bits per heavy atom. The van der Waals surface area contributed by atoms with Crippen molar-refractivity contribution in [1.82, 2.24) is 24.8 Å². The van der Waals surface area contributed by atoms with E-state index in [4.69, 9.17) is 9.72 Å². The van der Waals surface area contributed by atoms with Gasteiger partial charge in [-0.05, 0) is 38.6 Å². The van der Waals surface area contributed by atoms with Crippen LogP contribution in [0.15, 0.2) is 12.4 Å². The minimum absolute atomic E-state index is 0.0454. The highest BCUT2D eigenvalue weighted by atomic mass is 19.4. The van der Waals surface area contributed by atoms with Crippen LogP contribution in [-0.4, -0.2) is 81.9 Å². The van der Waals surface area contributed by atoms with Gasteiger partial charge in [-0.25, -0.2) is 19.9 Å². The van der Waals surface area contributed by atoms with E-state index in [2.05, 4.69) is 25.2 Å². The van der Waals surface area contributed by atoms with Gasteiger partial charge in [0.05, 0.1) is 54.4 Å². The van der Waals surface area contributed by atoms with Gasteiger partial charge in [0.25, 0.3) is 0 Å². The van der Waals surface area contributed by atoms with Gasteiger partial charge in [0.1, 0.15) is 23.5 Å². The number of aromatic nitrogens is 4. The van der Waals surface area contributed by atoms with Crippen LogP contribution < -0.4 is 15.1 Å². The molecule has 2 aromatic heterocycles. The Hall–Kier alpha value is -3.06. The average Bonchev–Trinajstić information content (AvgIpc) is 3.75. The predicted molar refractivity (Wildman–Crippen MR) is 136 cm³/mol. The second kappa shape index (κ2) is 8.98. The SMILES string of the molecule is CNc1nc(CN2CCC[C@@H]2C(F)(F)F)nc2c1C1(CCCC1)C(=O)N2c1cnc(N2CC3CC2CO3)nc1. The highest BCUT2D eigenvalue weighted by Gasteiger charge is 2.56. The molecule has 2 unspecified atom stereocenters. The second-order valence-electron chi connectivity index (χ2n) is 11.3. The van der Waals surface area contributed by atoms with E-state index in [1.54, 1.807) is 24.3 Å². The number of halogens is 3. The first-order chi connectivity index (χ1) is 18.8. The van der Waals surface area contributed by atoms with Crippen molar-refractivity contribution in [3.8, 4) is 0 Å². The first-order valence-electron chi connectivity index (χ1n) is 13.7. The zero-order valence-corrected chi connectivity index (χ0v) is 21.7. The van der Waals surface area contributed by atoms with Crippen molar-refractivity contribution >= 4 is 29.2 Å². The van der Waals surface area contributed by atoms with E-state index in [0.29, 0.717) is 55.7 Å². The zero-order chi connectivity index (χ0) is 26.9. The Bertz CT molecular complexity index is 1280. The second-order valence-corrected chi connectivity index (χ2v) is 11.3. The van der Waals surface area contributed by atoms with Crippen LogP contribution in [0.2, 0.25) is 0 Å². The number of anilines is 4. The van der Waals surface area contributed by atoms with Crippen LogP contribution in [0.5, 0.6) is 0 Å². The van der Waals surface area contributed by atoms with Crippen molar-refractivity contribution in [3.05, 3.63) is 23.8 Å². The van der Waals surface area contributed by atoms with E-state index in [9.17, 15) is 18.0 Å². The number of rotatable bonds is 5. The molecular weight excluding hydrogens is 513 g/mol. The van der Waals surface area contributed by atoms with Gasteiger partial charge in [-0.15, -0.1) is 0 Å². The molecular formula is C26H31F3N8O2. The van der Waals surface area contributed by atoms with E-state index in [-0.39, 0.29) is 36.8 Å². The molecule has 208 valence electrons. The average molecular weight is 545 g/mol. The van der Waals surface area contributed by atoms with Gasteiger partial charge in [0, 0.05) is 13.6 Å². The molecule has 1 saturated carbocycles. The van der Waals surface area contributed by atoms with E-state index in [1.807, 2.05) is 0 Å². The lowest BCUT2D eigenvalue weighted by Gasteiger charge is -2.27. The van der Waals surface area contributed by atoms with Crippen LogP contribution >= 0.6 is 0 Å². The summed E-state index contributed by atoms with van der Waals surface area (Å²) in [5.74, 6) is 1.68. The van der Waals surface area contributed by atoms with Gasteiger partial charge in [-0.3, -0.25) is 14.6 Å². The van der Waals surface area contributed by atoms with Gasteiger partial charge in [-0.1, -0.05) is 12.8 Å². The van der Waals surface area contributed by atoms with Crippen LogP contribution in [0.4, 0.5) is 36.4 Å². The molecule has 0 aromatic carbocycles. The normalized spacial score (nSPS) is 27.8. The highest BCUT2D eigenvalue weighted by molar-refractivity contribution is 6.13. The molecule has 10 nitrogen and oxygen atoms in total. The first kappa shape index (κ1) is 24.9. The molecule has 0 radical (unpaired) electrons. The molecule has 1 aliphatic carbocycles. The largest absolute Gasteiger partial charge is 0.404 e. The molecule has 39 heavy (non-hydrogen) atoms. The number of nitrogens with one attached hydrogen (secondary N) is 1. The molecule has 2 aromatic rings. The van der Waals surface area contributed by atoms with Gasteiger partial charge in [0.2, 0.25) is 11.9 Å². The maximum atomic E-state index is 14.1. The number of ether oxygens (including phenoxy) is 1. The fourth-order valence-corrected chi connectivity index (χ4v) is 7.24.